The number of nitrogens with one attached hydrogen (secondary N) is 1. The van der Waals surface area contributed by atoms with Gasteiger partial charge in [-0.1, -0.05) is 0 Å². The number of rotatable bonds is 0. The second-order valence-electron chi connectivity index (χ2n) is 2.32. The van der Waals surface area contributed by atoms with Crippen LogP contribution in [-0.2, 0) is 0 Å². The minimum atomic E-state index is -0.906. The number of hydrogen-bond donors (Lipinski definition) is 1. The van der Waals surface area contributed by atoms with Crippen molar-refractivity contribution in [1.29, 1.82) is 0 Å². The molecule has 2 aromatic rings. The molecule has 0 aliphatic carbocycles. The van der Waals surface area contributed by atoms with E-state index in [-0.39, 0.29) is 9.99 Å². The lowest BCUT2D eigenvalue weighted by Gasteiger charge is -1.96. The maximum absolute atomic E-state index is 13.0. The predicted octanol–water partition coefficient (Wildman–Crippen LogP) is 2.60. The average Bonchev–Trinajstić information content (AvgIpc) is 2.48. The van der Waals surface area contributed by atoms with Crippen LogP contribution in [0.1, 0.15) is 0 Å². The maximum Gasteiger partial charge on any atom is 0.185 e. The molecule has 2 rings (SSSR count). The van der Waals surface area contributed by atoms with Gasteiger partial charge in [-0.05, 0) is 22.0 Å². The van der Waals surface area contributed by atoms with E-state index in [1.54, 1.807) is 0 Å². The van der Waals surface area contributed by atoms with E-state index in [1.165, 1.54) is 12.3 Å². The van der Waals surface area contributed by atoms with Crippen molar-refractivity contribution in [3.8, 4) is 0 Å². The summed E-state index contributed by atoms with van der Waals surface area (Å²) in [5.74, 6) is -1.80. The molecule has 1 aromatic heterocycles. The quantitative estimate of drug-likeness (QED) is 0.696. The van der Waals surface area contributed by atoms with E-state index in [2.05, 4.69) is 26.1 Å². The summed E-state index contributed by atoms with van der Waals surface area (Å²) in [6.07, 6.45) is 1.43. The molecular formula is C7H3BrF2N2. The highest BCUT2D eigenvalue weighted by Gasteiger charge is 2.12. The smallest absolute Gasteiger partial charge is 0.185 e. The van der Waals surface area contributed by atoms with Crippen LogP contribution in [0, 0.1) is 11.6 Å². The van der Waals surface area contributed by atoms with E-state index in [1.807, 2.05) is 0 Å². The third-order valence-electron chi connectivity index (χ3n) is 1.57. The average molecular weight is 233 g/mol. The number of hydrogen-bond acceptors (Lipinski definition) is 1. The molecule has 0 aliphatic heterocycles. The fraction of sp³-hybridized carbons (Fsp3) is 0. The highest BCUT2D eigenvalue weighted by atomic mass is 79.9. The molecule has 0 amide bonds. The van der Waals surface area contributed by atoms with Crippen molar-refractivity contribution in [2.24, 2.45) is 0 Å². The third kappa shape index (κ3) is 0.929. The van der Waals surface area contributed by atoms with E-state index in [0.29, 0.717) is 5.39 Å². The lowest BCUT2D eigenvalue weighted by atomic mass is 10.2. The molecule has 0 saturated heterocycles. The Morgan fingerprint density at radius 1 is 1.33 bits per heavy atom. The van der Waals surface area contributed by atoms with Crippen molar-refractivity contribution in [3.63, 3.8) is 0 Å². The fourth-order valence-electron chi connectivity index (χ4n) is 0.995. The van der Waals surface area contributed by atoms with Gasteiger partial charge in [0, 0.05) is 5.39 Å². The van der Waals surface area contributed by atoms with Gasteiger partial charge in [-0.3, -0.25) is 5.10 Å². The van der Waals surface area contributed by atoms with Crippen LogP contribution in [0.25, 0.3) is 10.9 Å². The zero-order valence-corrected chi connectivity index (χ0v) is 7.32. The Morgan fingerprint density at radius 2 is 2.08 bits per heavy atom. The molecule has 1 aromatic carbocycles. The summed E-state index contributed by atoms with van der Waals surface area (Å²) in [5.41, 5.74) is 0.0932. The molecule has 1 N–H and O–H groups in total. The summed E-state index contributed by atoms with van der Waals surface area (Å²) in [5, 5.41) is 6.50. The minimum absolute atomic E-state index is 0.0932. The maximum atomic E-state index is 13.0. The summed E-state index contributed by atoms with van der Waals surface area (Å²) in [6, 6.07) is 1.47. The van der Waals surface area contributed by atoms with Gasteiger partial charge in [-0.15, -0.1) is 0 Å². The summed E-state index contributed by atoms with van der Waals surface area (Å²) < 4.78 is 26.0. The Kier molecular flexibility index (Phi) is 1.61. The van der Waals surface area contributed by atoms with E-state index in [4.69, 9.17) is 0 Å². The van der Waals surface area contributed by atoms with Gasteiger partial charge in [0.05, 0.1) is 10.7 Å². The zero-order valence-electron chi connectivity index (χ0n) is 5.74. The van der Waals surface area contributed by atoms with Crippen LogP contribution in [-0.4, -0.2) is 10.2 Å². The molecule has 62 valence electrons. The first kappa shape index (κ1) is 7.67. The van der Waals surface area contributed by atoms with Gasteiger partial charge in [0.25, 0.3) is 0 Å². The van der Waals surface area contributed by atoms with Crippen LogP contribution in [0.15, 0.2) is 16.7 Å². The lowest BCUT2D eigenvalue weighted by molar-refractivity contribution is 0.511. The number of nitrogens with zero attached hydrogens (tertiary/aromatic N) is 1. The van der Waals surface area contributed by atoms with Gasteiger partial charge in [0.1, 0.15) is 5.52 Å². The lowest BCUT2D eigenvalue weighted by Crippen LogP contribution is -1.87. The zero-order chi connectivity index (χ0) is 8.72. The molecule has 0 saturated carbocycles. The van der Waals surface area contributed by atoms with Crippen LogP contribution < -0.4 is 0 Å². The number of H-pyrrole nitrogens is 1. The Labute approximate surface area is 74.7 Å². The Balaban J connectivity index is 2.94. The van der Waals surface area contributed by atoms with Crippen molar-refractivity contribution in [2.45, 2.75) is 0 Å². The molecule has 12 heavy (non-hydrogen) atoms. The number of halogens is 3. The van der Waals surface area contributed by atoms with E-state index >= 15 is 0 Å². The SMILES string of the molecule is Fc1c(Br)cc2cn[nH]c2c1F. The van der Waals surface area contributed by atoms with Crippen LogP contribution in [0.3, 0.4) is 0 Å². The first-order valence-corrected chi connectivity index (χ1v) is 3.96. The van der Waals surface area contributed by atoms with Crippen LogP contribution in [0.2, 0.25) is 0 Å². The second-order valence-corrected chi connectivity index (χ2v) is 3.17. The second kappa shape index (κ2) is 2.52. The van der Waals surface area contributed by atoms with Crippen LogP contribution >= 0.6 is 15.9 Å². The highest BCUT2D eigenvalue weighted by Crippen LogP contribution is 2.25. The number of aromatic amines is 1. The molecule has 1 heterocycles. The van der Waals surface area contributed by atoms with E-state index in [9.17, 15) is 8.78 Å². The van der Waals surface area contributed by atoms with Gasteiger partial charge in [-0.25, -0.2) is 8.78 Å². The van der Waals surface area contributed by atoms with Gasteiger partial charge < -0.3 is 0 Å². The largest absolute Gasteiger partial charge is 0.275 e. The Bertz CT molecular complexity index is 438. The van der Waals surface area contributed by atoms with E-state index < -0.39 is 11.6 Å². The molecule has 0 aliphatic rings. The van der Waals surface area contributed by atoms with Gasteiger partial charge in [0.15, 0.2) is 11.6 Å². The number of fused-ring (bicyclic) bond motifs is 1. The molecule has 0 spiro atoms. The van der Waals surface area contributed by atoms with Crippen molar-refractivity contribution in [3.05, 3.63) is 28.4 Å². The highest BCUT2D eigenvalue weighted by molar-refractivity contribution is 9.10. The number of aromatic nitrogens is 2. The monoisotopic (exact) mass is 232 g/mol. The molecule has 0 bridgehead atoms. The fourth-order valence-corrected chi connectivity index (χ4v) is 1.42. The topological polar surface area (TPSA) is 28.7 Å². The van der Waals surface area contributed by atoms with Crippen molar-refractivity contribution in [1.82, 2.24) is 10.2 Å². The standard InChI is InChI=1S/C7H3BrF2N2/c8-4-1-3-2-11-12-7(3)6(10)5(4)9/h1-2H,(H,11,12). The normalized spacial score (nSPS) is 10.9. The summed E-state index contributed by atoms with van der Waals surface area (Å²) in [6.45, 7) is 0. The Hall–Kier alpha value is -0.970. The van der Waals surface area contributed by atoms with Crippen molar-refractivity contribution >= 4 is 26.8 Å². The summed E-state index contributed by atoms with van der Waals surface area (Å²) in [7, 11) is 0. The molecule has 0 fully saturated rings. The van der Waals surface area contributed by atoms with Crippen molar-refractivity contribution in [2.75, 3.05) is 0 Å². The van der Waals surface area contributed by atoms with Crippen LogP contribution in [0.4, 0.5) is 8.78 Å². The first-order chi connectivity index (χ1) is 5.70. The number of benzene rings is 1. The van der Waals surface area contributed by atoms with Crippen LogP contribution in [0.5, 0.6) is 0 Å². The summed E-state index contributed by atoms with van der Waals surface area (Å²) in [4.78, 5) is 0. The van der Waals surface area contributed by atoms with Gasteiger partial charge in [-0.2, -0.15) is 5.10 Å². The predicted molar refractivity (Wildman–Crippen MR) is 43.7 cm³/mol. The van der Waals surface area contributed by atoms with Gasteiger partial charge in [0.2, 0.25) is 0 Å². The Morgan fingerprint density at radius 3 is 2.83 bits per heavy atom. The third-order valence-corrected chi connectivity index (χ3v) is 2.15. The molecule has 0 unspecified atom stereocenters. The molecule has 5 heteroatoms. The summed E-state index contributed by atoms with van der Waals surface area (Å²) >= 11 is 2.90. The minimum Gasteiger partial charge on any atom is -0.275 e. The van der Waals surface area contributed by atoms with E-state index in [0.717, 1.165) is 0 Å². The first-order valence-electron chi connectivity index (χ1n) is 3.16. The molecule has 2 nitrogen and oxygen atoms in total. The molecule has 0 atom stereocenters. The molecule has 0 radical (unpaired) electrons. The van der Waals surface area contributed by atoms with Gasteiger partial charge >= 0.3 is 0 Å². The molecular weight excluding hydrogens is 230 g/mol. The van der Waals surface area contributed by atoms with Crippen molar-refractivity contribution < 1.29 is 8.78 Å².